The highest BCUT2D eigenvalue weighted by Gasteiger charge is 2.19. The number of unbranched alkanes of at least 4 members (excludes halogenated alkanes) is 16. The van der Waals surface area contributed by atoms with Gasteiger partial charge in [0.25, 0.3) is 0 Å². The summed E-state index contributed by atoms with van der Waals surface area (Å²) in [6, 6.07) is 0. The summed E-state index contributed by atoms with van der Waals surface area (Å²) < 4.78 is 11.0. The molecule has 3 nitrogen and oxygen atoms in total. The molecule has 0 fully saturated rings. The molecule has 0 rings (SSSR count). The Morgan fingerprint density at radius 2 is 1.00 bits per heavy atom. The van der Waals surface area contributed by atoms with Crippen molar-refractivity contribution in [2.45, 2.75) is 149 Å². The number of carbonyl (C=O) groups excluding carboxylic acids is 1. The summed E-state index contributed by atoms with van der Waals surface area (Å²) in [5.74, 6) is -0.169. The number of ether oxygens (including phenoxy) is 2. The van der Waals surface area contributed by atoms with Gasteiger partial charge in [-0.25, -0.2) is 4.79 Å². The first kappa shape index (κ1) is 28.4. The second kappa shape index (κ2) is 23.7. The second-order valence-electron chi connectivity index (χ2n) is 8.56. The molecule has 1 atom stereocenters. The molecule has 0 radical (unpaired) electrons. The number of carbonyl (C=O) groups is 1. The van der Waals surface area contributed by atoms with Gasteiger partial charge in [0.2, 0.25) is 0 Å². The summed E-state index contributed by atoms with van der Waals surface area (Å²) >= 11 is 0. The molecule has 0 aliphatic carbocycles. The van der Waals surface area contributed by atoms with Crippen LogP contribution < -0.4 is 0 Å². The van der Waals surface area contributed by atoms with Crippen LogP contribution in [0.15, 0.2) is 0 Å². The lowest BCUT2D eigenvalue weighted by molar-refractivity contribution is -0.157. The quantitative estimate of drug-likeness (QED) is 0.125. The summed E-state index contributed by atoms with van der Waals surface area (Å²) in [6.07, 6.45) is 24.1. The van der Waals surface area contributed by atoms with Crippen LogP contribution in [0, 0.1) is 0 Å². The topological polar surface area (TPSA) is 35.5 Å². The molecule has 29 heavy (non-hydrogen) atoms. The van der Waals surface area contributed by atoms with E-state index in [2.05, 4.69) is 13.8 Å². The van der Waals surface area contributed by atoms with Crippen molar-refractivity contribution in [1.82, 2.24) is 0 Å². The van der Waals surface area contributed by atoms with Gasteiger partial charge < -0.3 is 9.47 Å². The maximum absolute atomic E-state index is 12.1. The van der Waals surface area contributed by atoms with Crippen molar-refractivity contribution in [2.75, 3.05) is 13.2 Å². The van der Waals surface area contributed by atoms with Gasteiger partial charge in [-0.15, -0.1) is 0 Å². The molecule has 0 bridgehead atoms. The predicted octanol–water partition coefficient (Wildman–Crippen LogP) is 8.39. The van der Waals surface area contributed by atoms with Crippen molar-refractivity contribution in [3.05, 3.63) is 0 Å². The summed E-state index contributed by atoms with van der Waals surface area (Å²) in [4.78, 5) is 12.1. The van der Waals surface area contributed by atoms with Crippen LogP contribution >= 0.6 is 0 Å². The first-order chi connectivity index (χ1) is 14.3. The maximum atomic E-state index is 12.1. The lowest BCUT2D eigenvalue weighted by atomic mass is 10.0. The second-order valence-corrected chi connectivity index (χ2v) is 8.56. The molecule has 0 aromatic carbocycles. The highest BCUT2D eigenvalue weighted by atomic mass is 16.6. The first-order valence-corrected chi connectivity index (χ1v) is 13.0. The van der Waals surface area contributed by atoms with Gasteiger partial charge >= 0.3 is 5.97 Å². The normalized spacial score (nSPS) is 12.2. The minimum absolute atomic E-state index is 0.169. The number of hydrogen-bond acceptors (Lipinski definition) is 3. The summed E-state index contributed by atoms with van der Waals surface area (Å²) in [5, 5.41) is 0. The largest absolute Gasteiger partial charge is 0.464 e. The fourth-order valence-corrected chi connectivity index (χ4v) is 3.78. The van der Waals surface area contributed by atoms with Crippen molar-refractivity contribution in [3.63, 3.8) is 0 Å². The van der Waals surface area contributed by atoms with Crippen LogP contribution in [-0.4, -0.2) is 25.3 Å². The molecular formula is C26H52O3. The average molecular weight is 413 g/mol. The molecule has 0 spiro atoms. The fraction of sp³-hybridized carbons (Fsp3) is 0.962. The minimum Gasteiger partial charge on any atom is -0.464 e. The van der Waals surface area contributed by atoms with Crippen LogP contribution in [0.25, 0.3) is 0 Å². The van der Waals surface area contributed by atoms with Gasteiger partial charge in [0.15, 0.2) is 6.10 Å². The first-order valence-electron chi connectivity index (χ1n) is 13.0. The van der Waals surface area contributed by atoms with E-state index >= 15 is 0 Å². The molecule has 0 aromatic rings. The van der Waals surface area contributed by atoms with E-state index in [0.29, 0.717) is 13.2 Å². The van der Waals surface area contributed by atoms with Crippen LogP contribution in [0.4, 0.5) is 0 Å². The van der Waals surface area contributed by atoms with Crippen LogP contribution in [0.2, 0.25) is 0 Å². The standard InChI is InChI=1S/C26H52O3/c1-4-7-9-11-12-13-14-15-16-17-18-19-20-21-23-25(26(27)28-6-3)29-24-22-10-8-5-2/h25H,4-24H2,1-3H3. The molecule has 1 unspecified atom stereocenters. The Bertz CT molecular complexity index is 330. The molecule has 0 aromatic heterocycles. The Morgan fingerprint density at radius 3 is 1.45 bits per heavy atom. The smallest absolute Gasteiger partial charge is 0.335 e. The zero-order chi connectivity index (χ0) is 21.4. The number of esters is 1. The van der Waals surface area contributed by atoms with Crippen molar-refractivity contribution >= 4 is 5.97 Å². The van der Waals surface area contributed by atoms with E-state index in [1.54, 1.807) is 0 Å². The van der Waals surface area contributed by atoms with Crippen molar-refractivity contribution in [1.29, 1.82) is 0 Å². The molecule has 174 valence electrons. The molecule has 0 N–H and O–H groups in total. The van der Waals surface area contributed by atoms with E-state index in [1.165, 1.54) is 103 Å². The zero-order valence-corrected chi connectivity index (χ0v) is 20.2. The van der Waals surface area contributed by atoms with E-state index in [9.17, 15) is 4.79 Å². The Balaban J connectivity index is 3.57. The molecule has 0 aliphatic heterocycles. The van der Waals surface area contributed by atoms with Gasteiger partial charge in [0.05, 0.1) is 6.61 Å². The molecule has 0 amide bonds. The molecule has 0 heterocycles. The van der Waals surface area contributed by atoms with E-state index in [0.717, 1.165) is 19.3 Å². The Kier molecular flexibility index (Phi) is 23.2. The number of hydrogen-bond donors (Lipinski definition) is 0. The van der Waals surface area contributed by atoms with E-state index in [-0.39, 0.29) is 12.1 Å². The molecule has 0 aliphatic rings. The summed E-state index contributed by atoms with van der Waals surface area (Å²) in [6.45, 7) is 7.47. The highest BCUT2D eigenvalue weighted by Crippen LogP contribution is 2.15. The van der Waals surface area contributed by atoms with Crippen LogP contribution in [-0.2, 0) is 14.3 Å². The average Bonchev–Trinajstić information content (AvgIpc) is 2.72. The fourth-order valence-electron chi connectivity index (χ4n) is 3.78. The van der Waals surface area contributed by atoms with Gasteiger partial charge in [0, 0.05) is 6.61 Å². The monoisotopic (exact) mass is 412 g/mol. The molecule has 3 heteroatoms. The third-order valence-corrected chi connectivity index (χ3v) is 5.69. The van der Waals surface area contributed by atoms with E-state index in [1.807, 2.05) is 6.92 Å². The third kappa shape index (κ3) is 20.5. The van der Waals surface area contributed by atoms with Crippen molar-refractivity contribution < 1.29 is 14.3 Å². The summed E-state index contributed by atoms with van der Waals surface area (Å²) in [5.41, 5.74) is 0. The minimum atomic E-state index is -0.353. The van der Waals surface area contributed by atoms with Crippen molar-refractivity contribution in [3.8, 4) is 0 Å². The Morgan fingerprint density at radius 1 is 0.586 bits per heavy atom. The Labute approximate surface area is 182 Å². The lowest BCUT2D eigenvalue weighted by Crippen LogP contribution is -2.27. The SMILES string of the molecule is CCCCCCCCCCCCCCCCC(OCCCCCC)C(=O)OCC. The van der Waals surface area contributed by atoms with Gasteiger partial charge in [-0.2, -0.15) is 0 Å². The van der Waals surface area contributed by atoms with Gasteiger partial charge in [-0.05, 0) is 19.8 Å². The highest BCUT2D eigenvalue weighted by molar-refractivity contribution is 5.74. The third-order valence-electron chi connectivity index (χ3n) is 5.69. The van der Waals surface area contributed by atoms with E-state index < -0.39 is 0 Å². The molecule has 0 saturated heterocycles. The predicted molar refractivity (Wildman–Crippen MR) is 125 cm³/mol. The lowest BCUT2D eigenvalue weighted by Gasteiger charge is -2.16. The van der Waals surface area contributed by atoms with Gasteiger partial charge in [-0.3, -0.25) is 0 Å². The van der Waals surface area contributed by atoms with Gasteiger partial charge in [-0.1, -0.05) is 123 Å². The van der Waals surface area contributed by atoms with Crippen LogP contribution in [0.3, 0.4) is 0 Å². The maximum Gasteiger partial charge on any atom is 0.335 e. The van der Waals surface area contributed by atoms with E-state index in [4.69, 9.17) is 9.47 Å². The molecule has 0 saturated carbocycles. The van der Waals surface area contributed by atoms with Gasteiger partial charge in [0.1, 0.15) is 0 Å². The molecular weight excluding hydrogens is 360 g/mol. The zero-order valence-electron chi connectivity index (χ0n) is 20.2. The Hall–Kier alpha value is -0.570. The van der Waals surface area contributed by atoms with Crippen LogP contribution in [0.5, 0.6) is 0 Å². The number of rotatable bonds is 23. The summed E-state index contributed by atoms with van der Waals surface area (Å²) in [7, 11) is 0. The van der Waals surface area contributed by atoms with Crippen LogP contribution in [0.1, 0.15) is 143 Å². The van der Waals surface area contributed by atoms with Crippen molar-refractivity contribution in [2.24, 2.45) is 0 Å².